The predicted molar refractivity (Wildman–Crippen MR) is 108 cm³/mol. The van der Waals surface area contributed by atoms with Crippen molar-refractivity contribution in [1.82, 2.24) is 4.90 Å². The van der Waals surface area contributed by atoms with Gasteiger partial charge in [0.05, 0.1) is 50.5 Å². The lowest BCUT2D eigenvalue weighted by Gasteiger charge is -2.62. The minimum Gasteiger partial charge on any atom is -0.493 e. The van der Waals surface area contributed by atoms with Crippen molar-refractivity contribution in [1.29, 1.82) is 0 Å². The fourth-order valence-corrected chi connectivity index (χ4v) is 7.89. The molecule has 0 unspecified atom stereocenters. The Hall–Kier alpha value is -2.09. The van der Waals surface area contributed by atoms with Gasteiger partial charge in [0.15, 0.2) is 11.5 Å². The van der Waals surface area contributed by atoms with E-state index in [-0.39, 0.29) is 29.9 Å². The number of anilines is 1. The molecule has 158 valence electrons. The molecule has 30 heavy (non-hydrogen) atoms. The maximum Gasteiger partial charge on any atom is 0.229 e. The molecule has 1 spiro atoms. The van der Waals surface area contributed by atoms with Gasteiger partial charge >= 0.3 is 0 Å². The Balaban J connectivity index is 1.55. The third-order valence-corrected chi connectivity index (χ3v) is 8.95. The summed E-state index contributed by atoms with van der Waals surface area (Å²) in [6.07, 6.45) is 4.03. The molecule has 1 saturated carbocycles. The lowest BCUT2D eigenvalue weighted by atomic mass is 9.52. The molecule has 3 saturated heterocycles. The van der Waals surface area contributed by atoms with E-state index < -0.39 is 11.1 Å². The molecular formula is C23H26N2O5. The van der Waals surface area contributed by atoms with Crippen molar-refractivity contribution in [3.63, 3.8) is 0 Å². The van der Waals surface area contributed by atoms with Crippen molar-refractivity contribution < 1.29 is 24.1 Å². The van der Waals surface area contributed by atoms with Crippen LogP contribution < -0.4 is 14.4 Å². The standard InChI is InChI=1S/C23H26N2O5/c1-28-16-7-14-15(8-17(16)29-2)25-19(26)9-18-20-13-10-23(27)22(14,21(20)25)4-5-24(23)11-12(13)3-6-30-18/h3,7-8,13,18,20-21,27H,4-6,9-11H2,1-2H3/t13-,18+,20+,21+,22+,23-/m0/s1. The zero-order valence-corrected chi connectivity index (χ0v) is 17.3. The Bertz CT molecular complexity index is 1020. The van der Waals surface area contributed by atoms with Crippen LogP contribution in [0.4, 0.5) is 5.69 Å². The zero-order valence-electron chi connectivity index (χ0n) is 17.3. The molecule has 1 aromatic rings. The number of hydrogen-bond acceptors (Lipinski definition) is 6. The first-order chi connectivity index (χ1) is 14.5. The molecule has 0 aromatic heterocycles. The van der Waals surface area contributed by atoms with Crippen LogP contribution in [0.1, 0.15) is 24.8 Å². The van der Waals surface area contributed by atoms with Gasteiger partial charge in [-0.05, 0) is 30.4 Å². The highest BCUT2D eigenvalue weighted by atomic mass is 16.5. The van der Waals surface area contributed by atoms with Crippen molar-refractivity contribution in [3.05, 3.63) is 29.3 Å². The van der Waals surface area contributed by atoms with Crippen molar-refractivity contribution in [2.75, 3.05) is 38.8 Å². The summed E-state index contributed by atoms with van der Waals surface area (Å²) in [5, 5.41) is 12.3. The maximum atomic E-state index is 13.5. The predicted octanol–water partition coefficient (Wildman–Crippen LogP) is 1.43. The molecule has 1 amide bonds. The number of hydrogen-bond donors (Lipinski definition) is 1. The highest BCUT2D eigenvalue weighted by molar-refractivity contribution is 6.00. The number of amides is 1. The third kappa shape index (κ3) is 1.68. The molecular weight excluding hydrogens is 384 g/mol. The number of piperidine rings is 2. The van der Waals surface area contributed by atoms with Crippen LogP contribution in [0.25, 0.3) is 0 Å². The Morgan fingerprint density at radius 2 is 2.03 bits per heavy atom. The molecule has 2 bridgehead atoms. The fraction of sp³-hybridized carbons (Fsp3) is 0.609. The first-order valence-corrected chi connectivity index (χ1v) is 10.9. The number of nitrogens with zero attached hydrogens (tertiary/aromatic N) is 2. The summed E-state index contributed by atoms with van der Waals surface area (Å²) in [7, 11) is 3.25. The fourth-order valence-electron chi connectivity index (χ4n) is 7.89. The summed E-state index contributed by atoms with van der Waals surface area (Å²) in [4.78, 5) is 17.7. The summed E-state index contributed by atoms with van der Waals surface area (Å²) >= 11 is 0. The molecule has 7 nitrogen and oxygen atoms in total. The Kier molecular flexibility index (Phi) is 3.16. The van der Waals surface area contributed by atoms with Crippen LogP contribution in [0.3, 0.4) is 0 Å². The monoisotopic (exact) mass is 410 g/mol. The van der Waals surface area contributed by atoms with Gasteiger partial charge in [-0.3, -0.25) is 9.69 Å². The highest BCUT2D eigenvalue weighted by Gasteiger charge is 2.77. The SMILES string of the molecule is COc1cc2c(cc1OC)[C@]13CCN4CC5=CCO[C@@H]6CC(=O)N2[C@@H]1[C@@H]6[C@H]5C[C@@]43O. The lowest BCUT2D eigenvalue weighted by Crippen LogP contribution is -2.74. The van der Waals surface area contributed by atoms with Crippen LogP contribution >= 0.6 is 0 Å². The Labute approximate surface area is 175 Å². The Morgan fingerprint density at radius 3 is 2.83 bits per heavy atom. The number of methoxy groups -OCH3 is 2. The molecule has 5 aliphatic heterocycles. The van der Waals surface area contributed by atoms with Gasteiger partial charge in [0, 0.05) is 25.1 Å². The summed E-state index contributed by atoms with van der Waals surface area (Å²) in [6.45, 7) is 2.17. The van der Waals surface area contributed by atoms with Crippen molar-refractivity contribution >= 4 is 11.6 Å². The van der Waals surface area contributed by atoms with E-state index in [0.29, 0.717) is 30.9 Å². The number of carbonyl (C=O) groups is 1. The van der Waals surface area contributed by atoms with Gasteiger partial charge in [-0.2, -0.15) is 0 Å². The van der Waals surface area contributed by atoms with Crippen LogP contribution in [-0.4, -0.2) is 67.7 Å². The molecule has 6 atom stereocenters. The van der Waals surface area contributed by atoms with E-state index in [0.717, 1.165) is 30.8 Å². The van der Waals surface area contributed by atoms with Gasteiger partial charge in [-0.1, -0.05) is 11.6 Å². The summed E-state index contributed by atoms with van der Waals surface area (Å²) in [6, 6.07) is 3.84. The van der Waals surface area contributed by atoms with Gasteiger partial charge in [0.25, 0.3) is 0 Å². The quantitative estimate of drug-likeness (QED) is 0.744. The number of benzene rings is 1. The molecule has 1 aliphatic carbocycles. The molecule has 0 radical (unpaired) electrons. The van der Waals surface area contributed by atoms with E-state index in [4.69, 9.17) is 14.2 Å². The summed E-state index contributed by atoms with van der Waals surface area (Å²) < 4.78 is 17.4. The summed E-state index contributed by atoms with van der Waals surface area (Å²) in [5.74, 6) is 1.79. The molecule has 1 N–H and O–H groups in total. The minimum absolute atomic E-state index is 0.0806. The van der Waals surface area contributed by atoms with Gasteiger partial charge in [0.1, 0.15) is 5.72 Å². The number of carbonyl (C=O) groups excluding carboxylic acids is 1. The van der Waals surface area contributed by atoms with E-state index in [1.807, 2.05) is 17.0 Å². The van der Waals surface area contributed by atoms with Gasteiger partial charge < -0.3 is 24.2 Å². The number of ether oxygens (including phenoxy) is 3. The van der Waals surface area contributed by atoms with E-state index in [1.54, 1.807) is 14.2 Å². The topological polar surface area (TPSA) is 71.5 Å². The molecule has 7 heteroatoms. The lowest BCUT2D eigenvalue weighted by molar-refractivity contribution is -0.197. The van der Waals surface area contributed by atoms with Crippen LogP contribution in [0.15, 0.2) is 23.8 Å². The number of aliphatic hydroxyl groups is 1. The van der Waals surface area contributed by atoms with Gasteiger partial charge in [-0.15, -0.1) is 0 Å². The van der Waals surface area contributed by atoms with Crippen LogP contribution in [0.2, 0.25) is 0 Å². The third-order valence-electron chi connectivity index (χ3n) is 8.95. The number of rotatable bonds is 2. The van der Waals surface area contributed by atoms with Crippen LogP contribution in [-0.2, 0) is 14.9 Å². The van der Waals surface area contributed by atoms with Crippen LogP contribution in [0, 0.1) is 11.8 Å². The average Bonchev–Trinajstić information content (AvgIpc) is 3.15. The summed E-state index contributed by atoms with van der Waals surface area (Å²) in [5.41, 5.74) is 1.78. The normalized spacial score (nSPS) is 42.6. The molecule has 5 heterocycles. The first kappa shape index (κ1) is 17.6. The highest BCUT2D eigenvalue weighted by Crippen LogP contribution is 2.69. The molecule has 7 rings (SSSR count). The molecule has 1 aromatic carbocycles. The smallest absolute Gasteiger partial charge is 0.229 e. The van der Waals surface area contributed by atoms with Crippen molar-refractivity contribution in [3.8, 4) is 11.5 Å². The zero-order chi connectivity index (χ0) is 20.4. The van der Waals surface area contributed by atoms with E-state index >= 15 is 0 Å². The second-order valence-corrected chi connectivity index (χ2v) is 9.64. The van der Waals surface area contributed by atoms with Crippen molar-refractivity contribution in [2.24, 2.45) is 11.8 Å². The van der Waals surface area contributed by atoms with Crippen molar-refractivity contribution in [2.45, 2.75) is 42.5 Å². The number of fused-ring (bicyclic) bond motifs is 2. The van der Waals surface area contributed by atoms with E-state index in [9.17, 15) is 9.90 Å². The largest absolute Gasteiger partial charge is 0.493 e. The first-order valence-electron chi connectivity index (χ1n) is 10.9. The second-order valence-electron chi connectivity index (χ2n) is 9.64. The second kappa shape index (κ2) is 5.39. The molecule has 6 aliphatic rings. The average molecular weight is 410 g/mol. The maximum absolute atomic E-state index is 13.5. The Morgan fingerprint density at radius 1 is 1.23 bits per heavy atom. The van der Waals surface area contributed by atoms with Gasteiger partial charge in [0.2, 0.25) is 5.91 Å². The van der Waals surface area contributed by atoms with E-state index in [2.05, 4.69) is 11.0 Å². The van der Waals surface area contributed by atoms with Crippen LogP contribution in [0.5, 0.6) is 11.5 Å². The minimum atomic E-state index is -0.966. The van der Waals surface area contributed by atoms with E-state index in [1.165, 1.54) is 5.57 Å². The molecule has 4 fully saturated rings. The van der Waals surface area contributed by atoms with Gasteiger partial charge in [-0.25, -0.2) is 0 Å².